The van der Waals surface area contributed by atoms with Crippen molar-refractivity contribution in [3.63, 3.8) is 0 Å². The highest BCUT2D eigenvalue weighted by Crippen LogP contribution is 2.12. The van der Waals surface area contributed by atoms with E-state index in [0.29, 0.717) is 23.7 Å². The molecular weight excluding hydrogens is 316 g/mol. The maximum atomic E-state index is 12.7. The van der Waals surface area contributed by atoms with Crippen molar-refractivity contribution in [2.75, 3.05) is 39.8 Å². The summed E-state index contributed by atoms with van der Waals surface area (Å²) in [7, 11) is 1.35. The maximum absolute atomic E-state index is 12.7. The number of nitrogens with zero attached hydrogens (tertiary/aromatic N) is 2. The Hall–Kier alpha value is -1.59. The number of carbonyl (C=O) groups is 2. The monoisotopic (exact) mass is 340 g/mol. The number of halogens is 1. The van der Waals surface area contributed by atoms with Crippen molar-refractivity contribution in [2.45, 2.75) is 20.3 Å². The van der Waals surface area contributed by atoms with E-state index in [1.165, 1.54) is 7.11 Å². The Morgan fingerprint density at radius 3 is 2.17 bits per heavy atom. The number of esters is 1. The van der Waals surface area contributed by atoms with Crippen molar-refractivity contribution in [3.05, 3.63) is 34.9 Å². The van der Waals surface area contributed by atoms with Crippen LogP contribution in [-0.2, 0) is 9.53 Å². The van der Waals surface area contributed by atoms with E-state index < -0.39 is 0 Å². The molecule has 1 rings (SSSR count). The minimum Gasteiger partial charge on any atom is -0.469 e. The van der Waals surface area contributed by atoms with Gasteiger partial charge in [0.1, 0.15) is 0 Å². The van der Waals surface area contributed by atoms with Crippen LogP contribution in [0.15, 0.2) is 24.3 Å². The first-order valence-electron chi connectivity index (χ1n) is 7.85. The number of methoxy groups -OCH3 is 1. The molecule has 0 N–H and O–H groups in total. The van der Waals surface area contributed by atoms with Gasteiger partial charge in [0.25, 0.3) is 5.91 Å². The summed E-state index contributed by atoms with van der Waals surface area (Å²) in [6, 6.07) is 6.79. The van der Waals surface area contributed by atoms with Gasteiger partial charge in [0.05, 0.1) is 13.5 Å². The van der Waals surface area contributed by atoms with Crippen molar-refractivity contribution in [2.24, 2.45) is 0 Å². The molecule has 0 unspecified atom stereocenters. The molecule has 5 nitrogen and oxygen atoms in total. The Morgan fingerprint density at radius 2 is 1.65 bits per heavy atom. The number of amides is 1. The van der Waals surface area contributed by atoms with E-state index in [-0.39, 0.29) is 18.3 Å². The molecule has 23 heavy (non-hydrogen) atoms. The Morgan fingerprint density at radius 1 is 1.04 bits per heavy atom. The number of carbonyl (C=O) groups excluding carboxylic acids is 2. The number of hydrogen-bond donors (Lipinski definition) is 0. The first kappa shape index (κ1) is 19.5. The molecule has 0 bridgehead atoms. The molecule has 0 aliphatic heterocycles. The summed E-state index contributed by atoms with van der Waals surface area (Å²) < 4.78 is 4.66. The van der Waals surface area contributed by atoms with Gasteiger partial charge in [-0.3, -0.25) is 9.59 Å². The molecule has 1 amide bonds. The summed E-state index contributed by atoms with van der Waals surface area (Å²) in [6.07, 6.45) is 0.189. The third-order valence-electron chi connectivity index (χ3n) is 3.77. The van der Waals surface area contributed by atoms with Crippen LogP contribution in [0.25, 0.3) is 0 Å². The van der Waals surface area contributed by atoms with E-state index in [1.807, 2.05) is 0 Å². The second-order valence-corrected chi connectivity index (χ2v) is 5.59. The molecule has 0 fully saturated rings. The average molecular weight is 341 g/mol. The highest BCUT2D eigenvalue weighted by molar-refractivity contribution is 6.30. The van der Waals surface area contributed by atoms with Crippen LogP contribution in [0, 0.1) is 0 Å². The molecular formula is C17H25ClN2O3. The maximum Gasteiger partial charge on any atom is 0.307 e. The summed E-state index contributed by atoms with van der Waals surface area (Å²) in [5.74, 6) is -0.417. The smallest absolute Gasteiger partial charge is 0.307 e. The lowest BCUT2D eigenvalue weighted by molar-refractivity contribution is -0.140. The molecule has 0 heterocycles. The summed E-state index contributed by atoms with van der Waals surface area (Å²) in [4.78, 5) is 28.0. The fraction of sp³-hybridized carbons (Fsp3) is 0.529. The zero-order valence-corrected chi connectivity index (χ0v) is 14.8. The van der Waals surface area contributed by atoms with Crippen molar-refractivity contribution in [1.82, 2.24) is 9.80 Å². The van der Waals surface area contributed by atoms with Gasteiger partial charge in [-0.2, -0.15) is 0 Å². The quantitative estimate of drug-likeness (QED) is 0.648. The molecule has 0 spiro atoms. The molecule has 128 valence electrons. The van der Waals surface area contributed by atoms with Crippen LogP contribution in [0.1, 0.15) is 30.6 Å². The van der Waals surface area contributed by atoms with Crippen LogP contribution in [0.2, 0.25) is 5.02 Å². The van der Waals surface area contributed by atoms with Gasteiger partial charge in [0.15, 0.2) is 0 Å². The van der Waals surface area contributed by atoms with Gasteiger partial charge in [0.2, 0.25) is 0 Å². The molecule has 1 aromatic rings. The molecule has 0 aromatic heterocycles. The summed E-state index contributed by atoms with van der Waals surface area (Å²) >= 11 is 5.86. The second kappa shape index (κ2) is 10.2. The molecule has 0 saturated heterocycles. The first-order valence-corrected chi connectivity index (χ1v) is 8.23. The van der Waals surface area contributed by atoms with E-state index in [2.05, 4.69) is 23.5 Å². The molecule has 1 aromatic carbocycles. The average Bonchev–Trinajstić information content (AvgIpc) is 2.58. The third-order valence-corrected chi connectivity index (χ3v) is 4.02. The van der Waals surface area contributed by atoms with Crippen LogP contribution in [0.5, 0.6) is 0 Å². The Bertz CT molecular complexity index is 501. The molecule has 0 aliphatic rings. The summed E-state index contributed by atoms with van der Waals surface area (Å²) in [6.45, 7) is 7.71. The largest absolute Gasteiger partial charge is 0.469 e. The standard InChI is InChI=1S/C17H25ClN2O3/c1-4-19(5-2)12-13-20(11-10-16(21)23-3)17(22)14-6-8-15(18)9-7-14/h6-9H,4-5,10-13H2,1-3H3. The number of ether oxygens (including phenoxy) is 1. The van der Waals surface area contributed by atoms with Crippen molar-refractivity contribution in [1.29, 1.82) is 0 Å². The lowest BCUT2D eigenvalue weighted by Gasteiger charge is -2.26. The molecule has 0 radical (unpaired) electrons. The van der Waals surface area contributed by atoms with Crippen molar-refractivity contribution >= 4 is 23.5 Å². The normalized spacial score (nSPS) is 10.7. The lowest BCUT2D eigenvalue weighted by Crippen LogP contribution is -2.39. The number of benzene rings is 1. The molecule has 0 atom stereocenters. The Balaban J connectivity index is 2.77. The number of hydrogen-bond acceptors (Lipinski definition) is 4. The molecule has 6 heteroatoms. The van der Waals surface area contributed by atoms with Gasteiger partial charge >= 0.3 is 5.97 Å². The van der Waals surface area contributed by atoms with Crippen molar-refractivity contribution < 1.29 is 14.3 Å². The highest BCUT2D eigenvalue weighted by Gasteiger charge is 2.17. The van der Waals surface area contributed by atoms with Crippen LogP contribution in [0.3, 0.4) is 0 Å². The summed E-state index contributed by atoms with van der Waals surface area (Å²) in [5.41, 5.74) is 0.568. The lowest BCUT2D eigenvalue weighted by atomic mass is 10.2. The summed E-state index contributed by atoms with van der Waals surface area (Å²) in [5, 5.41) is 0.589. The van der Waals surface area contributed by atoms with E-state index >= 15 is 0 Å². The first-order chi connectivity index (χ1) is 11.0. The van der Waals surface area contributed by atoms with Crippen LogP contribution < -0.4 is 0 Å². The zero-order chi connectivity index (χ0) is 17.2. The van der Waals surface area contributed by atoms with Crippen molar-refractivity contribution in [3.8, 4) is 0 Å². The van der Waals surface area contributed by atoms with E-state index in [0.717, 1.165) is 19.6 Å². The fourth-order valence-electron chi connectivity index (χ4n) is 2.22. The van der Waals surface area contributed by atoms with Gasteiger partial charge in [-0.15, -0.1) is 0 Å². The predicted molar refractivity (Wildman–Crippen MR) is 91.8 cm³/mol. The van der Waals surface area contributed by atoms with E-state index in [1.54, 1.807) is 29.2 Å². The zero-order valence-electron chi connectivity index (χ0n) is 14.0. The number of rotatable bonds is 9. The topological polar surface area (TPSA) is 49.9 Å². The van der Waals surface area contributed by atoms with Gasteiger partial charge in [-0.25, -0.2) is 0 Å². The predicted octanol–water partition coefficient (Wildman–Crippen LogP) is 2.69. The van der Waals surface area contributed by atoms with Gasteiger partial charge in [-0.05, 0) is 37.4 Å². The second-order valence-electron chi connectivity index (χ2n) is 5.15. The number of likely N-dealkylation sites (N-methyl/N-ethyl adjacent to an activating group) is 1. The third kappa shape index (κ3) is 6.59. The van der Waals surface area contributed by atoms with Crippen LogP contribution in [-0.4, -0.2) is 61.5 Å². The minimum absolute atomic E-state index is 0.0993. The van der Waals surface area contributed by atoms with Gasteiger partial charge < -0.3 is 14.5 Å². The van der Waals surface area contributed by atoms with Crippen LogP contribution in [0.4, 0.5) is 0 Å². The fourth-order valence-corrected chi connectivity index (χ4v) is 2.35. The minimum atomic E-state index is -0.318. The van der Waals surface area contributed by atoms with E-state index in [4.69, 9.17) is 11.6 Å². The van der Waals surface area contributed by atoms with Crippen LogP contribution >= 0.6 is 11.6 Å². The van der Waals surface area contributed by atoms with E-state index in [9.17, 15) is 9.59 Å². The SMILES string of the molecule is CCN(CC)CCN(CCC(=O)OC)C(=O)c1ccc(Cl)cc1. The molecule has 0 saturated carbocycles. The Kier molecular flexibility index (Phi) is 8.66. The Labute approximate surface area is 143 Å². The van der Waals surface area contributed by atoms with Gasteiger partial charge in [-0.1, -0.05) is 25.4 Å². The molecule has 0 aliphatic carbocycles. The van der Waals surface area contributed by atoms with Gasteiger partial charge in [0, 0.05) is 30.2 Å². The highest BCUT2D eigenvalue weighted by atomic mass is 35.5.